The van der Waals surface area contributed by atoms with Crippen LogP contribution in [0.1, 0.15) is 13.3 Å². The molecule has 0 saturated carbocycles. The van der Waals surface area contributed by atoms with Crippen LogP contribution in [0.15, 0.2) is 12.2 Å². The second kappa shape index (κ2) is 12.1. The molecule has 0 bridgehead atoms. The van der Waals surface area contributed by atoms with Gasteiger partial charge in [-0.25, -0.2) is 0 Å². The third-order valence-corrected chi connectivity index (χ3v) is 5.19. The lowest BCUT2D eigenvalue weighted by molar-refractivity contribution is -0.117. The van der Waals surface area contributed by atoms with Crippen molar-refractivity contribution in [1.29, 1.82) is 0 Å². The lowest BCUT2D eigenvalue weighted by Crippen LogP contribution is -2.22. The number of nitrogens with two attached hydrogens (primary N) is 1. The summed E-state index contributed by atoms with van der Waals surface area (Å²) < 4.78 is 5.03. The topological polar surface area (TPSA) is 81.4 Å². The zero-order valence-corrected chi connectivity index (χ0v) is 13.6. The molecular formula is C9H22N2O3Si2. The quantitative estimate of drug-likeness (QED) is 0.483. The smallest absolute Gasteiger partial charge is 0.244 e. The number of carbonyl (C=O) groups is 2. The molecule has 0 aromatic heterocycles. The van der Waals surface area contributed by atoms with Crippen molar-refractivity contribution in [3.05, 3.63) is 12.2 Å². The molecule has 0 heterocycles. The molecule has 0 saturated heterocycles. The molecule has 0 aromatic carbocycles. The van der Waals surface area contributed by atoms with Crippen LogP contribution < -0.4 is 11.1 Å². The lowest BCUT2D eigenvalue weighted by atomic mass is 10.4. The minimum Gasteiger partial charge on any atom is -0.466 e. The molecule has 16 heavy (non-hydrogen) atoms. The summed E-state index contributed by atoms with van der Waals surface area (Å²) in [6.07, 6.45) is 3.03. The second-order valence-corrected chi connectivity index (χ2v) is 7.29. The van der Waals surface area contributed by atoms with Crippen LogP contribution in [0.2, 0.25) is 13.1 Å². The van der Waals surface area contributed by atoms with Gasteiger partial charge in [0.1, 0.15) is 10.5 Å². The van der Waals surface area contributed by atoms with E-state index in [-0.39, 0.29) is 5.91 Å². The molecule has 0 unspecified atom stereocenters. The van der Waals surface area contributed by atoms with E-state index < -0.39 is 14.9 Å². The van der Waals surface area contributed by atoms with Crippen LogP contribution in [0, 0.1) is 0 Å². The normalized spacial score (nSPS) is 10.0. The molecule has 0 fully saturated rings. The molecule has 0 rings (SSSR count). The Morgan fingerprint density at radius 3 is 2.25 bits per heavy atom. The summed E-state index contributed by atoms with van der Waals surface area (Å²) in [5.74, 6) is -0.901. The number of hydrogen-bond donors (Lipinski definition) is 2. The first-order chi connectivity index (χ1) is 7.43. The van der Waals surface area contributed by atoms with E-state index >= 15 is 0 Å². The van der Waals surface area contributed by atoms with E-state index in [9.17, 15) is 9.59 Å². The third kappa shape index (κ3) is 18.8. The van der Waals surface area contributed by atoms with E-state index in [0.717, 1.165) is 29.1 Å². The summed E-state index contributed by atoms with van der Waals surface area (Å²) >= 11 is 0. The molecular weight excluding hydrogens is 240 g/mol. The highest BCUT2D eigenvalue weighted by Crippen LogP contribution is 1.74. The standard InChI is InChI=1S/C7H12N2O2.C2H10OSi2/c1-2-5-9-7(11)4-3-6(8)10;1-5(2)3-4/h3-4H,2,5H2,1H3,(H2,8,10)(H,9,11);5H,1-2,4H3/b4-3-;. The maximum Gasteiger partial charge on any atom is 0.244 e. The molecule has 0 atom stereocenters. The Hall–Kier alpha value is -0.926. The summed E-state index contributed by atoms with van der Waals surface area (Å²) in [4.78, 5) is 20.8. The maximum atomic E-state index is 10.7. The number of amides is 2. The van der Waals surface area contributed by atoms with Crippen LogP contribution in [0.25, 0.3) is 0 Å². The van der Waals surface area contributed by atoms with Gasteiger partial charge in [-0.2, -0.15) is 0 Å². The number of carbonyl (C=O) groups excluding carboxylic acids is 2. The van der Waals surface area contributed by atoms with Gasteiger partial charge in [0.2, 0.25) is 11.8 Å². The largest absolute Gasteiger partial charge is 0.466 e. The highest BCUT2D eigenvalue weighted by atomic mass is 28.3. The van der Waals surface area contributed by atoms with E-state index in [1.807, 2.05) is 6.92 Å². The summed E-state index contributed by atoms with van der Waals surface area (Å²) in [5, 5.41) is 2.55. The molecule has 0 aliphatic rings. The van der Waals surface area contributed by atoms with Gasteiger partial charge < -0.3 is 15.2 Å². The van der Waals surface area contributed by atoms with Gasteiger partial charge >= 0.3 is 0 Å². The molecule has 0 spiro atoms. The molecule has 3 N–H and O–H groups in total. The fourth-order valence-corrected chi connectivity index (χ4v) is 0.465. The van der Waals surface area contributed by atoms with E-state index in [0.29, 0.717) is 6.54 Å². The minimum atomic E-state index is -0.614. The van der Waals surface area contributed by atoms with Crippen molar-refractivity contribution in [3.8, 4) is 0 Å². The Morgan fingerprint density at radius 2 is 1.94 bits per heavy atom. The Bertz CT molecular complexity index is 233. The van der Waals surface area contributed by atoms with Gasteiger partial charge in [0, 0.05) is 18.7 Å². The first-order valence-corrected chi connectivity index (χ1v) is 8.81. The van der Waals surface area contributed by atoms with E-state index in [1.54, 1.807) is 0 Å². The predicted octanol–water partition coefficient (Wildman–Crippen LogP) is -1.18. The minimum absolute atomic E-state index is 0.286. The summed E-state index contributed by atoms with van der Waals surface area (Å²) in [7, 11) is 0.347. The fourth-order valence-electron chi connectivity index (χ4n) is 0.465. The van der Waals surface area contributed by atoms with Crippen molar-refractivity contribution < 1.29 is 13.7 Å². The van der Waals surface area contributed by atoms with Crippen LogP contribution in [-0.4, -0.2) is 37.9 Å². The van der Waals surface area contributed by atoms with Gasteiger partial charge in [0.05, 0.1) is 0 Å². The average molecular weight is 262 g/mol. The monoisotopic (exact) mass is 262 g/mol. The summed E-state index contributed by atoms with van der Waals surface area (Å²) in [5.41, 5.74) is 4.76. The van der Waals surface area contributed by atoms with Crippen molar-refractivity contribution in [2.45, 2.75) is 26.4 Å². The summed E-state index contributed by atoms with van der Waals surface area (Å²) in [6, 6.07) is 0. The molecule has 0 radical (unpaired) electrons. The Labute approximate surface area is 102 Å². The molecule has 5 nitrogen and oxygen atoms in total. The average Bonchev–Trinajstić information content (AvgIpc) is 2.24. The molecule has 0 aliphatic heterocycles. The number of nitrogens with one attached hydrogen (secondary N) is 1. The van der Waals surface area contributed by atoms with Gasteiger partial charge in [-0.15, -0.1) is 0 Å². The van der Waals surface area contributed by atoms with Crippen molar-refractivity contribution in [2.24, 2.45) is 5.73 Å². The first-order valence-electron chi connectivity index (χ1n) is 5.22. The van der Waals surface area contributed by atoms with Crippen LogP contribution >= 0.6 is 0 Å². The zero-order chi connectivity index (χ0) is 13.0. The SMILES string of the molecule is CCCNC(=O)/C=C\C(N)=O.C[SiH](C)O[SiH3]. The molecule has 94 valence electrons. The number of primary amides is 1. The number of hydrogen-bond acceptors (Lipinski definition) is 3. The highest BCUT2D eigenvalue weighted by molar-refractivity contribution is 6.52. The third-order valence-electron chi connectivity index (χ3n) is 1.42. The predicted molar refractivity (Wildman–Crippen MR) is 71.5 cm³/mol. The lowest BCUT2D eigenvalue weighted by Gasteiger charge is -1.95. The van der Waals surface area contributed by atoms with E-state index in [1.165, 1.54) is 0 Å². The van der Waals surface area contributed by atoms with Gasteiger partial charge in [-0.3, -0.25) is 9.59 Å². The zero-order valence-electron chi connectivity index (χ0n) is 10.4. The molecule has 0 aromatic rings. The molecule has 7 heteroatoms. The Balaban J connectivity index is 0. The maximum absolute atomic E-state index is 10.7. The first kappa shape index (κ1) is 17.5. The van der Waals surface area contributed by atoms with Crippen LogP contribution in [0.4, 0.5) is 0 Å². The van der Waals surface area contributed by atoms with E-state index in [4.69, 9.17) is 9.85 Å². The molecule has 0 aliphatic carbocycles. The molecule has 2 amide bonds. The van der Waals surface area contributed by atoms with Crippen molar-refractivity contribution in [1.82, 2.24) is 5.32 Å². The van der Waals surface area contributed by atoms with Crippen LogP contribution in [-0.2, 0) is 13.7 Å². The van der Waals surface area contributed by atoms with Crippen LogP contribution in [0.3, 0.4) is 0 Å². The van der Waals surface area contributed by atoms with E-state index in [2.05, 4.69) is 18.4 Å². The summed E-state index contributed by atoms with van der Waals surface area (Å²) in [6.45, 7) is 6.90. The number of rotatable bonds is 5. The van der Waals surface area contributed by atoms with Crippen molar-refractivity contribution in [2.75, 3.05) is 6.54 Å². The highest BCUT2D eigenvalue weighted by Gasteiger charge is 1.92. The Kier molecular flexibility index (Phi) is 13.3. The Morgan fingerprint density at radius 1 is 1.44 bits per heavy atom. The van der Waals surface area contributed by atoms with Crippen LogP contribution in [0.5, 0.6) is 0 Å². The van der Waals surface area contributed by atoms with Gasteiger partial charge in [0.25, 0.3) is 0 Å². The second-order valence-electron chi connectivity index (χ2n) is 3.31. The van der Waals surface area contributed by atoms with Crippen molar-refractivity contribution in [3.63, 3.8) is 0 Å². The van der Waals surface area contributed by atoms with Gasteiger partial charge in [-0.05, 0) is 19.5 Å². The van der Waals surface area contributed by atoms with Gasteiger partial charge in [-0.1, -0.05) is 6.92 Å². The van der Waals surface area contributed by atoms with Gasteiger partial charge in [0.15, 0.2) is 9.04 Å². The fraction of sp³-hybridized carbons (Fsp3) is 0.556. The van der Waals surface area contributed by atoms with Crippen molar-refractivity contribution >= 4 is 31.3 Å².